The quantitative estimate of drug-likeness (QED) is 0.0322. The van der Waals surface area contributed by atoms with Gasteiger partial charge in [0.05, 0.1) is 25.4 Å². The van der Waals surface area contributed by atoms with Gasteiger partial charge in [-0.1, -0.05) is 238 Å². The van der Waals surface area contributed by atoms with E-state index in [9.17, 15) is 19.8 Å². The smallest absolute Gasteiger partial charge is 0.305 e. The molecule has 0 spiro atoms. The van der Waals surface area contributed by atoms with Crippen molar-refractivity contribution in [1.82, 2.24) is 5.32 Å². The van der Waals surface area contributed by atoms with Gasteiger partial charge in [0, 0.05) is 12.8 Å². The summed E-state index contributed by atoms with van der Waals surface area (Å²) < 4.78 is 5.45. The second-order valence-electron chi connectivity index (χ2n) is 18.2. The van der Waals surface area contributed by atoms with E-state index in [2.05, 4.69) is 31.3 Å². The monoisotopic (exact) mass is 834 g/mol. The number of carbonyl (C=O) groups excluding carboxylic acids is 2. The molecule has 0 aromatic heterocycles. The molecule has 3 N–H and O–H groups in total. The number of esters is 1. The fourth-order valence-electron chi connectivity index (χ4n) is 8.22. The number of nitrogens with one attached hydrogen (secondary N) is 1. The summed E-state index contributed by atoms with van der Waals surface area (Å²) in [5.41, 5.74) is 0. The molecule has 6 heteroatoms. The molecule has 2 unspecified atom stereocenters. The van der Waals surface area contributed by atoms with Crippen LogP contribution in [0.5, 0.6) is 0 Å². The zero-order chi connectivity index (χ0) is 43.0. The summed E-state index contributed by atoms with van der Waals surface area (Å²) in [4.78, 5) is 24.4. The van der Waals surface area contributed by atoms with E-state index in [0.717, 1.165) is 51.4 Å². The lowest BCUT2D eigenvalue weighted by Gasteiger charge is -2.22. The Bertz CT molecular complexity index is 878. The Morgan fingerprint density at radius 1 is 0.458 bits per heavy atom. The number of rotatable bonds is 49. The average molecular weight is 834 g/mol. The van der Waals surface area contributed by atoms with Crippen molar-refractivity contribution in [3.8, 4) is 0 Å². The predicted octanol–water partition coefficient (Wildman–Crippen LogP) is 15.7. The molecule has 0 fully saturated rings. The molecule has 0 bridgehead atoms. The molecule has 0 saturated carbocycles. The number of ether oxygens (including phenoxy) is 1. The van der Waals surface area contributed by atoms with E-state index in [0.29, 0.717) is 25.9 Å². The van der Waals surface area contributed by atoms with Crippen LogP contribution in [0, 0.1) is 0 Å². The van der Waals surface area contributed by atoms with Crippen molar-refractivity contribution in [3.05, 3.63) is 12.2 Å². The number of hydrogen-bond donors (Lipinski definition) is 3. The van der Waals surface area contributed by atoms with Crippen LogP contribution in [0.3, 0.4) is 0 Å². The largest absolute Gasteiger partial charge is 0.466 e. The van der Waals surface area contributed by atoms with E-state index in [-0.39, 0.29) is 18.5 Å². The summed E-state index contributed by atoms with van der Waals surface area (Å²) in [5, 5.41) is 23.2. The second-order valence-corrected chi connectivity index (χ2v) is 18.2. The molecule has 0 rings (SSSR count). The Morgan fingerprint density at radius 3 is 1.20 bits per heavy atom. The molecule has 59 heavy (non-hydrogen) atoms. The fourth-order valence-corrected chi connectivity index (χ4v) is 8.22. The number of amides is 1. The summed E-state index contributed by atoms with van der Waals surface area (Å²) in [7, 11) is 0. The van der Waals surface area contributed by atoms with Crippen LogP contribution in [0.4, 0.5) is 0 Å². The van der Waals surface area contributed by atoms with E-state index in [1.54, 1.807) is 0 Å². The maximum atomic E-state index is 12.4. The highest BCUT2D eigenvalue weighted by Gasteiger charge is 2.20. The predicted molar refractivity (Wildman–Crippen MR) is 255 cm³/mol. The van der Waals surface area contributed by atoms with E-state index >= 15 is 0 Å². The third-order valence-electron chi connectivity index (χ3n) is 12.3. The molecule has 0 aromatic rings. The minimum atomic E-state index is -0.670. The van der Waals surface area contributed by atoms with Crippen LogP contribution in [-0.2, 0) is 14.3 Å². The van der Waals surface area contributed by atoms with Crippen molar-refractivity contribution < 1.29 is 24.5 Å². The molecular formula is C53H103NO5. The van der Waals surface area contributed by atoms with Crippen LogP contribution in [0.2, 0.25) is 0 Å². The summed E-state index contributed by atoms with van der Waals surface area (Å²) in [6.07, 6.45) is 56.1. The van der Waals surface area contributed by atoms with Gasteiger partial charge < -0.3 is 20.3 Å². The molecule has 0 aliphatic carbocycles. The van der Waals surface area contributed by atoms with Gasteiger partial charge >= 0.3 is 5.97 Å². The van der Waals surface area contributed by atoms with Crippen molar-refractivity contribution in [1.29, 1.82) is 0 Å². The van der Waals surface area contributed by atoms with Gasteiger partial charge in [0.1, 0.15) is 0 Å². The lowest BCUT2D eigenvalue weighted by atomic mass is 10.0. The SMILES string of the molecule is CCCCCCCCCCCCCCCCC(O)C(CO)NC(=O)CCCCCCCCC/C=C\CCCCCCCCOC(=O)CCCCCCCCCCCCC. The van der Waals surface area contributed by atoms with E-state index in [1.807, 2.05) is 0 Å². The molecule has 0 aliphatic heterocycles. The van der Waals surface area contributed by atoms with Gasteiger partial charge in [0.2, 0.25) is 5.91 Å². The normalized spacial score (nSPS) is 12.7. The molecule has 0 heterocycles. The number of aliphatic hydroxyl groups is 2. The molecule has 0 radical (unpaired) electrons. The van der Waals surface area contributed by atoms with Gasteiger partial charge in [-0.3, -0.25) is 9.59 Å². The van der Waals surface area contributed by atoms with Gasteiger partial charge in [-0.05, 0) is 51.4 Å². The van der Waals surface area contributed by atoms with Crippen molar-refractivity contribution in [2.24, 2.45) is 0 Å². The van der Waals surface area contributed by atoms with Gasteiger partial charge in [-0.15, -0.1) is 0 Å². The van der Waals surface area contributed by atoms with Crippen molar-refractivity contribution in [2.45, 2.75) is 302 Å². The third-order valence-corrected chi connectivity index (χ3v) is 12.3. The Kier molecular flexibility index (Phi) is 48.1. The molecule has 2 atom stereocenters. The van der Waals surface area contributed by atoms with E-state index in [1.165, 1.54) is 205 Å². The van der Waals surface area contributed by atoms with Gasteiger partial charge in [0.15, 0.2) is 0 Å². The Hall–Kier alpha value is -1.40. The Balaban J connectivity index is 3.46. The molecule has 0 aromatic carbocycles. The molecule has 0 saturated heterocycles. The Labute approximate surface area is 368 Å². The first kappa shape index (κ1) is 57.6. The van der Waals surface area contributed by atoms with E-state index in [4.69, 9.17) is 4.74 Å². The number of unbranched alkanes of at least 4 members (excludes halogenated alkanes) is 36. The summed E-state index contributed by atoms with van der Waals surface area (Å²) >= 11 is 0. The first-order valence-corrected chi connectivity index (χ1v) is 26.4. The fraction of sp³-hybridized carbons (Fsp3) is 0.925. The summed E-state index contributed by atoms with van der Waals surface area (Å²) in [6, 6.07) is -0.548. The lowest BCUT2D eigenvalue weighted by molar-refractivity contribution is -0.143. The lowest BCUT2D eigenvalue weighted by Crippen LogP contribution is -2.45. The van der Waals surface area contributed by atoms with Gasteiger partial charge in [-0.2, -0.15) is 0 Å². The highest BCUT2D eigenvalue weighted by Crippen LogP contribution is 2.16. The van der Waals surface area contributed by atoms with Crippen LogP contribution < -0.4 is 5.32 Å². The zero-order valence-electron chi connectivity index (χ0n) is 39.7. The zero-order valence-corrected chi connectivity index (χ0v) is 39.7. The van der Waals surface area contributed by atoms with Crippen LogP contribution in [0.25, 0.3) is 0 Å². The summed E-state index contributed by atoms with van der Waals surface area (Å²) in [5.74, 6) is -0.0480. The van der Waals surface area contributed by atoms with E-state index < -0.39 is 12.1 Å². The summed E-state index contributed by atoms with van der Waals surface area (Å²) in [6.45, 7) is 4.93. The minimum Gasteiger partial charge on any atom is -0.466 e. The number of aliphatic hydroxyl groups excluding tert-OH is 2. The molecule has 1 amide bonds. The topological polar surface area (TPSA) is 95.9 Å². The highest BCUT2D eigenvalue weighted by molar-refractivity contribution is 5.76. The highest BCUT2D eigenvalue weighted by atomic mass is 16.5. The standard InChI is InChI=1S/C53H103NO5/c1-3-5-7-9-11-13-15-16-22-26-29-33-37-41-45-51(56)50(49-55)54-52(57)46-42-38-34-30-27-23-20-18-17-19-21-24-28-32-36-40-44-48-59-53(58)47-43-39-35-31-25-14-12-10-8-6-4-2/h17,19,50-51,55-56H,3-16,18,20-49H2,1-2H3,(H,54,57)/b19-17-. The minimum absolute atomic E-state index is 0.00196. The van der Waals surface area contributed by atoms with Crippen LogP contribution in [-0.4, -0.2) is 47.4 Å². The third kappa shape index (κ3) is 45.9. The number of carbonyl (C=O) groups is 2. The maximum Gasteiger partial charge on any atom is 0.305 e. The first-order chi connectivity index (χ1) is 29.0. The molecular weight excluding hydrogens is 731 g/mol. The first-order valence-electron chi connectivity index (χ1n) is 26.4. The second kappa shape index (κ2) is 49.3. The molecule has 0 aliphatic rings. The van der Waals surface area contributed by atoms with Gasteiger partial charge in [0.25, 0.3) is 0 Å². The Morgan fingerprint density at radius 2 is 0.797 bits per heavy atom. The van der Waals surface area contributed by atoms with Crippen LogP contribution in [0.1, 0.15) is 290 Å². The number of allylic oxidation sites excluding steroid dienone is 2. The molecule has 350 valence electrons. The van der Waals surface area contributed by atoms with Crippen LogP contribution >= 0.6 is 0 Å². The van der Waals surface area contributed by atoms with Gasteiger partial charge in [-0.25, -0.2) is 0 Å². The molecule has 6 nitrogen and oxygen atoms in total. The van der Waals surface area contributed by atoms with Crippen molar-refractivity contribution in [3.63, 3.8) is 0 Å². The maximum absolute atomic E-state index is 12.4. The van der Waals surface area contributed by atoms with Crippen molar-refractivity contribution in [2.75, 3.05) is 13.2 Å². The number of hydrogen-bond acceptors (Lipinski definition) is 5. The average Bonchev–Trinajstić information content (AvgIpc) is 3.24. The van der Waals surface area contributed by atoms with Crippen molar-refractivity contribution >= 4 is 11.9 Å². The van der Waals surface area contributed by atoms with Crippen LogP contribution in [0.15, 0.2) is 12.2 Å².